The van der Waals surface area contributed by atoms with Gasteiger partial charge in [0, 0.05) is 0 Å². The van der Waals surface area contributed by atoms with Crippen LogP contribution in [0.15, 0.2) is 36.9 Å². The molecule has 0 saturated carbocycles. The van der Waals surface area contributed by atoms with E-state index >= 15 is 0 Å². The van der Waals surface area contributed by atoms with Crippen LogP contribution in [0, 0.1) is 0 Å². The Hall–Kier alpha value is -1.04. The first kappa shape index (κ1) is 14.5. The summed E-state index contributed by atoms with van der Waals surface area (Å²) < 4.78 is 0. The molecule has 0 amide bonds. The van der Waals surface area contributed by atoms with Crippen molar-refractivity contribution in [3.63, 3.8) is 0 Å². The van der Waals surface area contributed by atoms with E-state index in [0.717, 1.165) is 5.57 Å². The van der Waals surface area contributed by atoms with Crippen molar-refractivity contribution < 1.29 is 0 Å². The lowest BCUT2D eigenvalue weighted by Gasteiger charge is -1.94. The standard InChI is InChI=1S/C9H10.C3H8.CH4/c1-8(2)9-6-4-3-5-7-9;1-3-2;/h3-7H,1H2,2H3;3H2,1-2H3;1H4. The van der Waals surface area contributed by atoms with E-state index in [1.165, 1.54) is 12.0 Å². The predicted molar refractivity (Wildman–Crippen MR) is 63.8 cm³/mol. The second-order valence-corrected chi connectivity index (χ2v) is 2.85. The molecule has 0 saturated heterocycles. The highest BCUT2D eigenvalue weighted by Gasteiger charge is 1.86. The lowest BCUT2D eigenvalue weighted by atomic mass is 10.1. The molecular weight excluding hydrogens is 156 g/mol. The lowest BCUT2D eigenvalue weighted by molar-refractivity contribution is 1.09. The molecule has 0 spiro atoms. The van der Waals surface area contributed by atoms with Crippen molar-refractivity contribution >= 4 is 5.57 Å². The predicted octanol–water partition coefficient (Wildman–Crippen LogP) is 4.77. The third kappa shape index (κ3) is 7.32. The highest BCUT2D eigenvalue weighted by atomic mass is 13.9. The van der Waals surface area contributed by atoms with Crippen molar-refractivity contribution in [3.05, 3.63) is 42.5 Å². The SMILES string of the molecule is C.C=C(C)c1ccccc1.CCC. The molecule has 0 atom stereocenters. The summed E-state index contributed by atoms with van der Waals surface area (Å²) in [6.45, 7) is 10.1. The van der Waals surface area contributed by atoms with Crippen molar-refractivity contribution in [1.29, 1.82) is 0 Å². The first-order valence-electron chi connectivity index (χ1n) is 4.43. The summed E-state index contributed by atoms with van der Waals surface area (Å²) in [5.41, 5.74) is 2.34. The van der Waals surface area contributed by atoms with Gasteiger partial charge in [0.15, 0.2) is 0 Å². The Balaban J connectivity index is 0. The number of benzene rings is 1. The molecule has 1 aromatic carbocycles. The third-order valence-corrected chi connectivity index (χ3v) is 1.27. The van der Waals surface area contributed by atoms with Crippen molar-refractivity contribution in [2.45, 2.75) is 34.6 Å². The van der Waals surface area contributed by atoms with Gasteiger partial charge in [0.05, 0.1) is 0 Å². The van der Waals surface area contributed by atoms with Gasteiger partial charge in [-0.2, -0.15) is 0 Å². The second kappa shape index (κ2) is 9.05. The quantitative estimate of drug-likeness (QED) is 0.581. The van der Waals surface area contributed by atoms with Gasteiger partial charge in [0.2, 0.25) is 0 Å². The Labute approximate surface area is 83.3 Å². The highest BCUT2D eigenvalue weighted by Crippen LogP contribution is 2.08. The molecule has 0 heterocycles. The molecule has 0 bridgehead atoms. The van der Waals surface area contributed by atoms with Crippen molar-refractivity contribution in [2.24, 2.45) is 0 Å². The van der Waals surface area contributed by atoms with Crippen molar-refractivity contribution in [1.82, 2.24) is 0 Å². The number of hydrogen-bond donors (Lipinski definition) is 0. The fourth-order valence-electron chi connectivity index (χ4n) is 0.723. The Bertz CT molecular complexity index is 209. The summed E-state index contributed by atoms with van der Waals surface area (Å²) in [4.78, 5) is 0. The minimum Gasteiger partial charge on any atom is -0.0955 e. The monoisotopic (exact) mass is 178 g/mol. The number of allylic oxidation sites excluding steroid dienone is 1. The minimum absolute atomic E-state index is 0. The van der Waals surface area contributed by atoms with Gasteiger partial charge in [0.25, 0.3) is 0 Å². The molecule has 0 fully saturated rings. The zero-order valence-electron chi connectivity index (χ0n) is 8.30. The Morgan fingerprint density at radius 2 is 1.54 bits per heavy atom. The van der Waals surface area contributed by atoms with Crippen LogP contribution in [-0.2, 0) is 0 Å². The molecule has 0 aromatic heterocycles. The number of hydrogen-bond acceptors (Lipinski definition) is 0. The minimum atomic E-state index is 0. The molecule has 0 radical (unpaired) electrons. The fraction of sp³-hybridized carbons (Fsp3) is 0.385. The summed E-state index contributed by atoms with van der Waals surface area (Å²) in [6.07, 6.45) is 1.25. The molecular formula is C13H22. The molecule has 0 heteroatoms. The average Bonchev–Trinajstić information content (AvgIpc) is 2.07. The first-order chi connectivity index (χ1) is 5.72. The number of rotatable bonds is 1. The van der Waals surface area contributed by atoms with Gasteiger partial charge in [0.1, 0.15) is 0 Å². The maximum Gasteiger partial charge on any atom is -0.0233 e. The molecule has 0 N–H and O–H groups in total. The van der Waals surface area contributed by atoms with Crippen LogP contribution in [0.2, 0.25) is 0 Å². The molecule has 0 aliphatic heterocycles. The van der Waals surface area contributed by atoms with Crippen LogP contribution in [0.25, 0.3) is 5.57 Å². The maximum absolute atomic E-state index is 3.83. The Morgan fingerprint density at radius 3 is 1.77 bits per heavy atom. The molecule has 1 aromatic rings. The average molecular weight is 178 g/mol. The van der Waals surface area contributed by atoms with Crippen LogP contribution in [0.1, 0.15) is 40.2 Å². The van der Waals surface area contributed by atoms with Gasteiger partial charge in [-0.1, -0.05) is 70.2 Å². The smallest absolute Gasteiger partial charge is 0.0233 e. The second-order valence-electron chi connectivity index (χ2n) is 2.85. The van der Waals surface area contributed by atoms with Crippen LogP contribution in [0.4, 0.5) is 0 Å². The molecule has 74 valence electrons. The fourth-order valence-corrected chi connectivity index (χ4v) is 0.723. The van der Waals surface area contributed by atoms with Gasteiger partial charge < -0.3 is 0 Å². The Morgan fingerprint density at radius 1 is 1.15 bits per heavy atom. The van der Waals surface area contributed by atoms with Crippen molar-refractivity contribution in [3.8, 4) is 0 Å². The molecule has 0 aliphatic rings. The van der Waals surface area contributed by atoms with Gasteiger partial charge in [-0.25, -0.2) is 0 Å². The highest BCUT2D eigenvalue weighted by molar-refractivity contribution is 5.60. The topological polar surface area (TPSA) is 0 Å². The Kier molecular flexibility index (Phi) is 10.1. The largest absolute Gasteiger partial charge is 0.0955 e. The first-order valence-corrected chi connectivity index (χ1v) is 4.43. The molecule has 0 nitrogen and oxygen atoms in total. The van der Waals surface area contributed by atoms with Crippen molar-refractivity contribution in [2.75, 3.05) is 0 Å². The summed E-state index contributed by atoms with van der Waals surface area (Å²) in [5, 5.41) is 0. The van der Waals surface area contributed by atoms with E-state index in [9.17, 15) is 0 Å². The van der Waals surface area contributed by atoms with E-state index in [4.69, 9.17) is 0 Å². The summed E-state index contributed by atoms with van der Waals surface area (Å²) in [7, 11) is 0. The molecule has 0 aliphatic carbocycles. The molecule has 0 unspecified atom stereocenters. The zero-order chi connectivity index (χ0) is 9.40. The van der Waals surface area contributed by atoms with E-state index in [2.05, 4.69) is 32.6 Å². The van der Waals surface area contributed by atoms with Crippen LogP contribution in [0.5, 0.6) is 0 Å². The van der Waals surface area contributed by atoms with E-state index in [1.807, 2.05) is 25.1 Å². The van der Waals surface area contributed by atoms with Crippen LogP contribution in [-0.4, -0.2) is 0 Å². The van der Waals surface area contributed by atoms with Gasteiger partial charge in [-0.3, -0.25) is 0 Å². The van der Waals surface area contributed by atoms with Gasteiger partial charge in [-0.15, -0.1) is 0 Å². The normalized spacial score (nSPS) is 7.62. The zero-order valence-corrected chi connectivity index (χ0v) is 8.30. The van der Waals surface area contributed by atoms with E-state index in [1.54, 1.807) is 0 Å². The maximum atomic E-state index is 3.83. The van der Waals surface area contributed by atoms with Crippen LogP contribution < -0.4 is 0 Å². The molecule has 1 rings (SSSR count). The summed E-state index contributed by atoms with van der Waals surface area (Å²) >= 11 is 0. The van der Waals surface area contributed by atoms with Gasteiger partial charge in [-0.05, 0) is 12.5 Å². The van der Waals surface area contributed by atoms with E-state index in [-0.39, 0.29) is 7.43 Å². The molecule has 13 heavy (non-hydrogen) atoms. The summed E-state index contributed by atoms with van der Waals surface area (Å²) in [6, 6.07) is 10.2. The van der Waals surface area contributed by atoms with Crippen LogP contribution in [0.3, 0.4) is 0 Å². The van der Waals surface area contributed by atoms with Gasteiger partial charge >= 0.3 is 0 Å². The third-order valence-electron chi connectivity index (χ3n) is 1.27. The van der Waals surface area contributed by atoms with Crippen LogP contribution >= 0.6 is 0 Å². The van der Waals surface area contributed by atoms with E-state index < -0.39 is 0 Å². The van der Waals surface area contributed by atoms with E-state index in [0.29, 0.717) is 0 Å². The summed E-state index contributed by atoms with van der Waals surface area (Å²) in [5.74, 6) is 0. The lowest BCUT2D eigenvalue weighted by Crippen LogP contribution is -1.72.